The van der Waals surface area contributed by atoms with Gasteiger partial charge in [-0.05, 0) is 77.4 Å². The number of hydrogen-bond donors (Lipinski definition) is 5. The van der Waals surface area contributed by atoms with Gasteiger partial charge in [0, 0.05) is 17.8 Å². The molecule has 0 saturated carbocycles. The highest BCUT2D eigenvalue weighted by Crippen LogP contribution is 2.31. The molecule has 12 nitrogen and oxygen atoms in total. The number of aliphatic hydroxyl groups is 2. The van der Waals surface area contributed by atoms with Crippen LogP contribution in [0, 0.1) is 6.92 Å². The minimum atomic E-state index is -1.04. The van der Waals surface area contributed by atoms with E-state index in [1.807, 2.05) is 32.8 Å². The van der Waals surface area contributed by atoms with Gasteiger partial charge in [-0.25, -0.2) is 4.98 Å². The zero-order chi connectivity index (χ0) is 28.3. The number of amides is 1. The molecule has 206 valence electrons. The fourth-order valence-electron chi connectivity index (χ4n) is 3.97. The average Bonchev–Trinajstić information content (AvgIpc) is 3.37. The van der Waals surface area contributed by atoms with E-state index in [1.165, 1.54) is 4.90 Å². The molecule has 3 rings (SSSR count). The number of aromatic nitrogens is 2. The molecule has 0 aliphatic carbocycles. The Morgan fingerprint density at radius 2 is 2.03 bits per heavy atom. The van der Waals surface area contributed by atoms with E-state index in [0.717, 1.165) is 22.8 Å². The summed E-state index contributed by atoms with van der Waals surface area (Å²) >= 11 is 1.02. The second-order valence-electron chi connectivity index (χ2n) is 9.50. The van der Waals surface area contributed by atoms with Crippen LogP contribution in [0.3, 0.4) is 0 Å². The lowest BCUT2D eigenvalue weighted by molar-refractivity contribution is 0.0333. The van der Waals surface area contributed by atoms with Crippen molar-refractivity contribution >= 4 is 39.8 Å². The third kappa shape index (κ3) is 6.18. The Hall–Kier alpha value is -3.39. The predicted molar refractivity (Wildman–Crippen MR) is 150 cm³/mol. The first-order chi connectivity index (χ1) is 17.8. The van der Waals surface area contributed by atoms with E-state index in [4.69, 9.17) is 5.73 Å². The van der Waals surface area contributed by atoms with Crippen LogP contribution >= 0.6 is 11.5 Å². The quantitative estimate of drug-likeness (QED) is 0.235. The Kier molecular flexibility index (Phi) is 9.20. The van der Waals surface area contributed by atoms with Crippen molar-refractivity contribution in [3.8, 4) is 0 Å². The molecule has 3 atom stereocenters. The fraction of sp³-hybridized carbons (Fsp3) is 0.480. The van der Waals surface area contributed by atoms with E-state index < -0.39 is 23.7 Å². The summed E-state index contributed by atoms with van der Waals surface area (Å²) in [6.45, 7) is 8.86. The first-order valence-corrected chi connectivity index (χ1v) is 13.0. The number of allylic oxidation sites excluding steroid dienone is 1. The number of carbonyl (C=O) groups excluding carboxylic acids is 1. The second kappa shape index (κ2) is 12.0. The number of carbonyl (C=O) groups is 1. The highest BCUT2D eigenvalue weighted by atomic mass is 32.1. The van der Waals surface area contributed by atoms with E-state index in [-0.39, 0.29) is 36.3 Å². The Morgan fingerprint density at radius 1 is 1.34 bits per heavy atom. The molecule has 13 heteroatoms. The van der Waals surface area contributed by atoms with E-state index >= 15 is 0 Å². The van der Waals surface area contributed by atoms with Crippen molar-refractivity contribution in [3.05, 3.63) is 50.6 Å². The summed E-state index contributed by atoms with van der Waals surface area (Å²) in [5.41, 5.74) is 8.73. The van der Waals surface area contributed by atoms with Crippen LogP contribution < -0.4 is 16.6 Å². The Bertz CT molecular complexity index is 1340. The zero-order valence-corrected chi connectivity index (χ0v) is 23.6. The predicted octanol–water partition coefficient (Wildman–Crippen LogP) is 1.78. The molecule has 1 aliphatic heterocycles. The topological polar surface area (TPSA) is 173 Å². The summed E-state index contributed by atoms with van der Waals surface area (Å²) in [5.74, 6) is -0.152. The van der Waals surface area contributed by atoms with Crippen LogP contribution in [-0.4, -0.2) is 86.0 Å². The van der Waals surface area contributed by atoms with Crippen LogP contribution in [0.5, 0.6) is 0 Å². The number of nitrogens with one attached hydrogen (secondary N) is 2. The summed E-state index contributed by atoms with van der Waals surface area (Å²) in [4.78, 5) is 42.6. The van der Waals surface area contributed by atoms with Crippen molar-refractivity contribution in [2.24, 2.45) is 15.7 Å². The SMILES string of the molecule is CC(=NC(C)N(C)C)C1=C(C)N(C(=O)c2nc(Nc3s[nH]c(=O)c3C(N)=NC(C)CO)ccc2C)C(O)C1. The maximum atomic E-state index is 13.6. The Balaban J connectivity index is 1.93. The molecule has 38 heavy (non-hydrogen) atoms. The van der Waals surface area contributed by atoms with Crippen LogP contribution in [0.25, 0.3) is 0 Å². The average molecular weight is 545 g/mol. The maximum Gasteiger partial charge on any atom is 0.279 e. The number of nitrogens with zero attached hydrogens (tertiary/aromatic N) is 5. The molecular formula is C25H36N8O4S. The number of rotatable bonds is 9. The lowest BCUT2D eigenvalue weighted by atomic mass is 10.1. The number of aromatic amines is 1. The second-order valence-corrected chi connectivity index (χ2v) is 10.3. The number of aryl methyl sites for hydroxylation is 1. The van der Waals surface area contributed by atoms with Gasteiger partial charge in [-0.2, -0.15) is 0 Å². The number of hydrogen-bond acceptors (Lipinski definition) is 10. The van der Waals surface area contributed by atoms with Crippen molar-refractivity contribution in [1.82, 2.24) is 19.2 Å². The maximum absolute atomic E-state index is 13.6. The number of aliphatic imine (C=N–C) groups is 2. The standard InChI is InChI=1S/C25H36N8O4S/c1-12-8-9-18(30-24-20(23(36)31-38-24)22(26)27-13(2)11-34)29-21(12)25(37)33-15(4)17(10-19(33)35)14(3)28-16(5)32(6)7/h8-9,13,16,19,34-35H,10-11H2,1-7H3,(H2,26,27)(H,29,30)(H,31,36). The first-order valence-electron chi connectivity index (χ1n) is 12.2. The largest absolute Gasteiger partial charge is 0.394 e. The lowest BCUT2D eigenvalue weighted by Crippen LogP contribution is -2.36. The number of amidine groups is 1. The summed E-state index contributed by atoms with van der Waals surface area (Å²) < 4.78 is 2.61. The summed E-state index contributed by atoms with van der Waals surface area (Å²) in [7, 11) is 3.87. The molecule has 0 spiro atoms. The molecule has 2 aromatic rings. The van der Waals surface area contributed by atoms with Gasteiger partial charge in [0.25, 0.3) is 11.5 Å². The minimum absolute atomic E-state index is 0.0194. The highest BCUT2D eigenvalue weighted by molar-refractivity contribution is 7.10. The first kappa shape index (κ1) is 29.2. The molecule has 0 bridgehead atoms. The van der Waals surface area contributed by atoms with Gasteiger partial charge in [0.05, 0.1) is 18.8 Å². The summed E-state index contributed by atoms with van der Waals surface area (Å²) in [6, 6.07) is 2.94. The van der Waals surface area contributed by atoms with Crippen LogP contribution in [-0.2, 0) is 0 Å². The Morgan fingerprint density at radius 3 is 2.66 bits per heavy atom. The normalized spacial score (nSPS) is 18.4. The van der Waals surface area contributed by atoms with Crippen molar-refractivity contribution < 1.29 is 15.0 Å². The molecule has 3 unspecified atom stereocenters. The number of nitrogens with two attached hydrogens (primary N) is 1. The van der Waals surface area contributed by atoms with E-state index in [9.17, 15) is 19.8 Å². The van der Waals surface area contributed by atoms with E-state index in [0.29, 0.717) is 22.1 Å². The Labute approximate surface area is 225 Å². The molecule has 0 aromatic carbocycles. The van der Waals surface area contributed by atoms with Crippen LogP contribution in [0.15, 0.2) is 38.2 Å². The number of H-pyrrole nitrogens is 1. The molecule has 0 radical (unpaired) electrons. The van der Waals surface area contributed by atoms with Crippen molar-refractivity contribution in [3.63, 3.8) is 0 Å². The van der Waals surface area contributed by atoms with Crippen molar-refractivity contribution in [2.45, 2.75) is 59.5 Å². The number of anilines is 2. The monoisotopic (exact) mass is 544 g/mol. The van der Waals surface area contributed by atoms with E-state index in [2.05, 4.69) is 24.7 Å². The molecule has 1 amide bonds. The van der Waals surface area contributed by atoms with Crippen LogP contribution in [0.1, 0.15) is 55.7 Å². The third-order valence-electron chi connectivity index (χ3n) is 6.39. The highest BCUT2D eigenvalue weighted by Gasteiger charge is 2.35. The number of aliphatic hydroxyl groups excluding tert-OH is 2. The zero-order valence-electron chi connectivity index (χ0n) is 22.7. The van der Waals surface area contributed by atoms with Crippen LogP contribution in [0.4, 0.5) is 10.8 Å². The molecular weight excluding hydrogens is 508 g/mol. The minimum Gasteiger partial charge on any atom is -0.394 e. The molecule has 0 fully saturated rings. The molecule has 2 aromatic heterocycles. The molecule has 1 aliphatic rings. The van der Waals surface area contributed by atoms with Gasteiger partial charge in [-0.3, -0.25) is 33.7 Å². The third-order valence-corrected chi connectivity index (χ3v) is 7.18. The van der Waals surface area contributed by atoms with Gasteiger partial charge < -0.3 is 21.3 Å². The lowest BCUT2D eigenvalue weighted by Gasteiger charge is -2.23. The van der Waals surface area contributed by atoms with Gasteiger partial charge in [-0.15, -0.1) is 0 Å². The van der Waals surface area contributed by atoms with Gasteiger partial charge in [0.2, 0.25) is 0 Å². The summed E-state index contributed by atoms with van der Waals surface area (Å²) in [5, 5.41) is 23.5. The van der Waals surface area contributed by atoms with Gasteiger partial charge in [0.15, 0.2) is 0 Å². The number of pyridine rings is 1. The molecule has 3 heterocycles. The van der Waals surface area contributed by atoms with Gasteiger partial charge in [0.1, 0.15) is 34.1 Å². The summed E-state index contributed by atoms with van der Waals surface area (Å²) in [6.07, 6.45) is -0.819. The smallest absolute Gasteiger partial charge is 0.279 e. The van der Waals surface area contributed by atoms with Gasteiger partial charge >= 0.3 is 0 Å². The van der Waals surface area contributed by atoms with Crippen molar-refractivity contribution in [1.29, 1.82) is 0 Å². The molecule has 0 saturated heterocycles. The van der Waals surface area contributed by atoms with Crippen molar-refractivity contribution in [2.75, 3.05) is 26.0 Å². The fourth-order valence-corrected chi connectivity index (χ4v) is 4.72. The van der Waals surface area contributed by atoms with Gasteiger partial charge in [-0.1, -0.05) is 6.07 Å². The van der Waals surface area contributed by atoms with Crippen LogP contribution in [0.2, 0.25) is 0 Å². The van der Waals surface area contributed by atoms with E-state index in [1.54, 1.807) is 32.9 Å². The molecule has 6 N–H and O–H groups in total.